The molecule has 0 spiro atoms. The molecule has 0 saturated carbocycles. The van der Waals surface area contributed by atoms with Crippen molar-refractivity contribution in [1.29, 1.82) is 0 Å². The van der Waals surface area contributed by atoms with E-state index in [1.165, 1.54) is 10.6 Å². The maximum atomic E-state index is 12.6. The third kappa shape index (κ3) is 5.12. The zero-order valence-corrected chi connectivity index (χ0v) is 18.0. The van der Waals surface area contributed by atoms with E-state index in [1.54, 1.807) is 13.1 Å². The Morgan fingerprint density at radius 2 is 1.87 bits per heavy atom. The summed E-state index contributed by atoms with van der Waals surface area (Å²) in [6.45, 7) is 2.28. The van der Waals surface area contributed by atoms with Crippen molar-refractivity contribution in [3.63, 3.8) is 0 Å². The summed E-state index contributed by atoms with van der Waals surface area (Å²) in [6, 6.07) is 13.2. The Kier molecular flexibility index (Phi) is 6.33. The largest absolute Gasteiger partial charge is 0.364 e. The summed E-state index contributed by atoms with van der Waals surface area (Å²) >= 11 is 0. The second-order valence-electron chi connectivity index (χ2n) is 7.08. The predicted molar refractivity (Wildman–Crippen MR) is 114 cm³/mol. The Labute approximate surface area is 180 Å². The molecule has 31 heavy (non-hydrogen) atoms. The number of piperazine rings is 1. The van der Waals surface area contributed by atoms with Crippen LogP contribution in [0.5, 0.6) is 0 Å². The maximum absolute atomic E-state index is 12.6. The first-order chi connectivity index (χ1) is 15.0. The Balaban J connectivity index is 1.30. The number of rotatable bonds is 6. The fourth-order valence-electron chi connectivity index (χ4n) is 3.40. The normalized spacial score (nSPS) is 15.9. The van der Waals surface area contributed by atoms with Crippen molar-refractivity contribution in [2.24, 2.45) is 4.99 Å². The summed E-state index contributed by atoms with van der Waals surface area (Å²) in [4.78, 5) is 6.35. The molecule has 1 fully saturated rings. The van der Waals surface area contributed by atoms with Gasteiger partial charge in [-0.1, -0.05) is 40.6 Å². The van der Waals surface area contributed by atoms with Crippen molar-refractivity contribution < 1.29 is 17.5 Å². The average Bonchev–Trinajstić information content (AvgIpc) is 3.47. The minimum Gasteiger partial charge on any atom is -0.364 e. The molecule has 1 aromatic carbocycles. The van der Waals surface area contributed by atoms with Crippen molar-refractivity contribution in [1.82, 2.24) is 24.8 Å². The van der Waals surface area contributed by atoms with Crippen molar-refractivity contribution in [3.8, 4) is 11.3 Å². The Morgan fingerprint density at radius 3 is 2.55 bits per heavy atom. The first-order valence-electron chi connectivity index (χ1n) is 9.89. The lowest BCUT2D eigenvalue weighted by atomic mass is 10.2. The molecular weight excluding hydrogens is 420 g/mol. The summed E-state index contributed by atoms with van der Waals surface area (Å²) in [5.41, 5.74) is 2.13. The van der Waals surface area contributed by atoms with Gasteiger partial charge >= 0.3 is 0 Å². The van der Waals surface area contributed by atoms with Gasteiger partial charge in [-0.3, -0.25) is 4.99 Å². The lowest BCUT2D eigenvalue weighted by Crippen LogP contribution is -2.53. The smallest absolute Gasteiger partial charge is 0.220 e. The SMILES string of the molecule is CN=C(NCc1cc(-c2ccccc2)on1)N1CCN(S(=O)(=O)Cc2ccon2)CC1. The molecule has 10 nitrogen and oxygen atoms in total. The first-order valence-corrected chi connectivity index (χ1v) is 11.5. The number of hydrogen-bond acceptors (Lipinski definition) is 7. The molecule has 1 saturated heterocycles. The van der Waals surface area contributed by atoms with Gasteiger partial charge in [-0.25, -0.2) is 8.42 Å². The Morgan fingerprint density at radius 1 is 1.10 bits per heavy atom. The number of sulfonamides is 1. The highest BCUT2D eigenvalue weighted by Crippen LogP contribution is 2.19. The molecule has 0 unspecified atom stereocenters. The van der Waals surface area contributed by atoms with Crippen molar-refractivity contribution >= 4 is 16.0 Å². The highest BCUT2D eigenvalue weighted by Gasteiger charge is 2.29. The van der Waals surface area contributed by atoms with Crippen LogP contribution in [0.25, 0.3) is 11.3 Å². The van der Waals surface area contributed by atoms with E-state index < -0.39 is 10.0 Å². The van der Waals surface area contributed by atoms with Crippen LogP contribution in [0.4, 0.5) is 0 Å². The van der Waals surface area contributed by atoms with E-state index >= 15 is 0 Å². The van der Waals surface area contributed by atoms with Crippen LogP contribution in [0.1, 0.15) is 11.4 Å². The number of aromatic nitrogens is 2. The van der Waals surface area contributed by atoms with E-state index in [1.807, 2.05) is 41.3 Å². The van der Waals surface area contributed by atoms with Crippen LogP contribution in [0.15, 0.2) is 62.8 Å². The predicted octanol–water partition coefficient (Wildman–Crippen LogP) is 1.55. The molecule has 0 amide bonds. The summed E-state index contributed by atoms with van der Waals surface area (Å²) in [6.07, 6.45) is 1.37. The van der Waals surface area contributed by atoms with E-state index in [-0.39, 0.29) is 5.75 Å². The van der Waals surface area contributed by atoms with E-state index in [2.05, 4.69) is 20.6 Å². The molecule has 3 heterocycles. The van der Waals surface area contributed by atoms with E-state index in [0.29, 0.717) is 50.1 Å². The van der Waals surface area contributed by atoms with Gasteiger partial charge in [0, 0.05) is 50.9 Å². The van der Waals surface area contributed by atoms with E-state index in [0.717, 1.165) is 11.3 Å². The van der Waals surface area contributed by atoms with Crippen LogP contribution in [0.3, 0.4) is 0 Å². The summed E-state index contributed by atoms with van der Waals surface area (Å²) in [5.74, 6) is 1.24. The van der Waals surface area contributed by atoms with Crippen LogP contribution >= 0.6 is 0 Å². The summed E-state index contributed by atoms with van der Waals surface area (Å²) in [5, 5.41) is 11.1. The van der Waals surface area contributed by atoms with Crippen LogP contribution < -0.4 is 5.32 Å². The summed E-state index contributed by atoms with van der Waals surface area (Å²) < 4.78 is 36.8. The summed E-state index contributed by atoms with van der Waals surface area (Å²) in [7, 11) is -1.74. The van der Waals surface area contributed by atoms with Crippen molar-refractivity contribution in [2.75, 3.05) is 33.2 Å². The van der Waals surface area contributed by atoms with Gasteiger partial charge in [-0.2, -0.15) is 4.31 Å². The van der Waals surface area contributed by atoms with Crippen molar-refractivity contribution in [3.05, 3.63) is 60.1 Å². The lowest BCUT2D eigenvalue weighted by molar-refractivity contribution is 0.259. The van der Waals surface area contributed by atoms with Gasteiger partial charge in [0.05, 0.1) is 12.2 Å². The fourth-order valence-corrected chi connectivity index (χ4v) is 4.83. The van der Waals surface area contributed by atoms with E-state index in [4.69, 9.17) is 9.05 Å². The molecule has 164 valence electrons. The zero-order chi connectivity index (χ0) is 21.7. The van der Waals surface area contributed by atoms with Crippen molar-refractivity contribution in [2.45, 2.75) is 12.3 Å². The Hall–Kier alpha value is -3.18. The average molecular weight is 445 g/mol. The first kappa shape index (κ1) is 21.1. The third-order valence-electron chi connectivity index (χ3n) is 5.01. The second-order valence-corrected chi connectivity index (χ2v) is 9.05. The Bertz CT molecular complexity index is 1100. The topological polar surface area (TPSA) is 117 Å². The van der Waals surface area contributed by atoms with Gasteiger partial charge in [0.25, 0.3) is 0 Å². The molecule has 3 aromatic rings. The fraction of sp³-hybridized carbons (Fsp3) is 0.350. The monoisotopic (exact) mass is 444 g/mol. The second kappa shape index (κ2) is 9.31. The van der Waals surface area contributed by atoms with Gasteiger partial charge in [0.1, 0.15) is 17.7 Å². The van der Waals surface area contributed by atoms with Crippen LogP contribution in [0, 0.1) is 0 Å². The van der Waals surface area contributed by atoms with Gasteiger partial charge in [0.15, 0.2) is 11.7 Å². The quantitative estimate of drug-likeness (QED) is 0.450. The molecule has 0 radical (unpaired) electrons. The van der Waals surface area contributed by atoms with Gasteiger partial charge in [-0.05, 0) is 0 Å². The number of aliphatic imine (C=N–C) groups is 1. The maximum Gasteiger partial charge on any atom is 0.220 e. The highest BCUT2D eigenvalue weighted by atomic mass is 32.2. The minimum atomic E-state index is -3.44. The molecule has 0 bridgehead atoms. The molecule has 0 aliphatic carbocycles. The van der Waals surface area contributed by atoms with Crippen LogP contribution in [-0.2, 0) is 22.3 Å². The van der Waals surface area contributed by atoms with Gasteiger partial charge in [0.2, 0.25) is 10.0 Å². The van der Waals surface area contributed by atoms with Gasteiger partial charge < -0.3 is 19.3 Å². The number of benzene rings is 1. The molecule has 1 aliphatic heterocycles. The number of guanidine groups is 1. The minimum absolute atomic E-state index is 0.160. The van der Waals surface area contributed by atoms with Crippen LogP contribution in [0.2, 0.25) is 0 Å². The molecule has 0 atom stereocenters. The standard InChI is InChI=1S/C20H24N6O4S/c1-21-20(22-14-18-13-19(30-24-18)16-5-3-2-4-6-16)25-8-10-26(11-9-25)31(27,28)15-17-7-12-29-23-17/h2-7,12-13H,8-11,14-15H2,1H3,(H,21,22). The third-order valence-corrected chi connectivity index (χ3v) is 6.82. The molecule has 1 aliphatic rings. The molecular formula is C20H24N6O4S. The number of nitrogens with zero attached hydrogens (tertiary/aromatic N) is 5. The number of nitrogens with one attached hydrogen (secondary N) is 1. The zero-order valence-electron chi connectivity index (χ0n) is 17.1. The lowest BCUT2D eigenvalue weighted by Gasteiger charge is -2.35. The van der Waals surface area contributed by atoms with Gasteiger partial charge in [-0.15, -0.1) is 0 Å². The highest BCUT2D eigenvalue weighted by molar-refractivity contribution is 7.88. The van der Waals surface area contributed by atoms with E-state index in [9.17, 15) is 8.42 Å². The van der Waals surface area contributed by atoms with Crippen LogP contribution in [-0.4, -0.2) is 67.1 Å². The number of hydrogen-bond donors (Lipinski definition) is 1. The molecule has 11 heteroatoms. The molecule has 4 rings (SSSR count). The molecule has 1 N–H and O–H groups in total. The molecule has 2 aromatic heterocycles.